The van der Waals surface area contributed by atoms with Crippen molar-refractivity contribution in [3.63, 3.8) is 0 Å². The Hall–Kier alpha value is -0.690. The van der Waals surface area contributed by atoms with Crippen LogP contribution < -0.4 is 11.3 Å². The van der Waals surface area contributed by atoms with Crippen LogP contribution in [-0.4, -0.2) is 0 Å². The minimum Gasteiger partial charge on any atom is -0.271 e. The van der Waals surface area contributed by atoms with Crippen molar-refractivity contribution in [2.75, 3.05) is 0 Å². The molecule has 19 heavy (non-hydrogen) atoms. The van der Waals surface area contributed by atoms with Gasteiger partial charge in [0.2, 0.25) is 0 Å². The summed E-state index contributed by atoms with van der Waals surface area (Å²) in [6.07, 6.45) is 0.649. The Morgan fingerprint density at radius 2 is 2.05 bits per heavy atom. The third-order valence-electron chi connectivity index (χ3n) is 2.88. The smallest absolute Gasteiger partial charge is 0.141 e. The second kappa shape index (κ2) is 6.65. The monoisotopic (exact) mass is 390 g/mol. The lowest BCUT2D eigenvalue weighted by Crippen LogP contribution is -2.29. The minimum absolute atomic E-state index is 0.0313. The first kappa shape index (κ1) is 14.7. The predicted molar refractivity (Wildman–Crippen MR) is 84.3 cm³/mol. The third-order valence-corrected chi connectivity index (χ3v) is 3.84. The minimum atomic E-state index is -0.406. The number of benzene rings is 2. The normalized spacial score (nSPS) is 12.4. The van der Waals surface area contributed by atoms with Crippen LogP contribution in [0.25, 0.3) is 0 Å². The predicted octanol–water partition coefficient (Wildman–Crippen LogP) is 3.83. The van der Waals surface area contributed by atoms with E-state index in [4.69, 9.17) is 17.4 Å². The van der Waals surface area contributed by atoms with E-state index in [1.54, 1.807) is 12.1 Å². The molecule has 2 aromatic carbocycles. The molecule has 0 aromatic heterocycles. The highest BCUT2D eigenvalue weighted by Gasteiger charge is 2.12. The molecule has 0 radical (unpaired) electrons. The van der Waals surface area contributed by atoms with Gasteiger partial charge in [0.15, 0.2) is 0 Å². The lowest BCUT2D eigenvalue weighted by molar-refractivity contribution is 0.550. The molecular formula is C14H13ClFIN2. The van der Waals surface area contributed by atoms with Gasteiger partial charge < -0.3 is 0 Å². The van der Waals surface area contributed by atoms with E-state index >= 15 is 0 Å². The maximum Gasteiger partial charge on any atom is 0.141 e. The number of hydrogen-bond donors (Lipinski definition) is 2. The molecule has 5 heteroatoms. The van der Waals surface area contributed by atoms with Crippen LogP contribution in [0.1, 0.15) is 17.2 Å². The van der Waals surface area contributed by atoms with E-state index in [1.807, 2.05) is 18.2 Å². The molecule has 0 fully saturated rings. The average Bonchev–Trinajstić information content (AvgIpc) is 2.40. The Kier molecular flexibility index (Phi) is 5.15. The fourth-order valence-electron chi connectivity index (χ4n) is 1.90. The van der Waals surface area contributed by atoms with E-state index in [0.717, 1.165) is 14.7 Å². The molecule has 2 nitrogen and oxygen atoms in total. The molecule has 0 saturated heterocycles. The Balaban J connectivity index is 2.21. The highest BCUT2D eigenvalue weighted by Crippen LogP contribution is 2.22. The van der Waals surface area contributed by atoms with Crippen molar-refractivity contribution >= 4 is 34.2 Å². The molecule has 0 bridgehead atoms. The topological polar surface area (TPSA) is 38.0 Å². The summed E-state index contributed by atoms with van der Waals surface area (Å²) in [7, 11) is 0. The maximum absolute atomic E-state index is 13.1. The van der Waals surface area contributed by atoms with Crippen molar-refractivity contribution in [2.45, 2.75) is 12.5 Å². The summed E-state index contributed by atoms with van der Waals surface area (Å²) in [5.74, 6) is 5.21. The zero-order valence-electron chi connectivity index (χ0n) is 10.0. The number of hydrogen-bond acceptors (Lipinski definition) is 2. The van der Waals surface area contributed by atoms with E-state index in [9.17, 15) is 4.39 Å². The molecule has 2 rings (SSSR count). The van der Waals surface area contributed by atoms with Crippen molar-refractivity contribution in [1.29, 1.82) is 0 Å². The molecule has 0 heterocycles. The van der Waals surface area contributed by atoms with Gasteiger partial charge in [0, 0.05) is 3.57 Å². The maximum atomic E-state index is 13.1. The summed E-state index contributed by atoms with van der Waals surface area (Å²) in [5, 5.41) is 0.135. The average molecular weight is 391 g/mol. The Morgan fingerprint density at radius 3 is 2.68 bits per heavy atom. The first-order valence-corrected chi connectivity index (χ1v) is 7.21. The number of rotatable bonds is 4. The van der Waals surface area contributed by atoms with Crippen molar-refractivity contribution in [3.8, 4) is 0 Å². The van der Waals surface area contributed by atoms with Crippen LogP contribution >= 0.6 is 34.2 Å². The molecule has 0 amide bonds. The van der Waals surface area contributed by atoms with Gasteiger partial charge in [-0.15, -0.1) is 0 Å². The lowest BCUT2D eigenvalue weighted by atomic mass is 9.99. The van der Waals surface area contributed by atoms with E-state index in [0.29, 0.717) is 6.42 Å². The van der Waals surface area contributed by atoms with Gasteiger partial charge in [-0.3, -0.25) is 11.3 Å². The first-order chi connectivity index (χ1) is 9.10. The van der Waals surface area contributed by atoms with Crippen molar-refractivity contribution < 1.29 is 4.39 Å². The van der Waals surface area contributed by atoms with Crippen LogP contribution in [0.2, 0.25) is 5.02 Å². The lowest BCUT2D eigenvalue weighted by Gasteiger charge is -2.17. The summed E-state index contributed by atoms with van der Waals surface area (Å²) in [6, 6.07) is 12.8. The molecule has 0 aliphatic rings. The van der Waals surface area contributed by atoms with Gasteiger partial charge >= 0.3 is 0 Å². The van der Waals surface area contributed by atoms with E-state index < -0.39 is 5.82 Å². The van der Waals surface area contributed by atoms with Crippen LogP contribution in [0.15, 0.2) is 42.5 Å². The standard InChI is InChI=1S/C14H13ClFIN2/c15-12-6-9(4-5-13(12)16)7-14(19-18)10-2-1-3-11(17)8-10/h1-6,8,14,19H,7,18H2. The summed E-state index contributed by atoms with van der Waals surface area (Å²) >= 11 is 8.04. The van der Waals surface area contributed by atoms with E-state index in [-0.39, 0.29) is 11.1 Å². The molecule has 100 valence electrons. The molecular weight excluding hydrogens is 378 g/mol. The number of hydrazine groups is 1. The Bertz CT molecular complexity index is 577. The zero-order chi connectivity index (χ0) is 13.8. The second-order valence-corrected chi connectivity index (χ2v) is 5.88. The van der Waals surface area contributed by atoms with Crippen molar-refractivity contribution in [2.24, 2.45) is 5.84 Å². The van der Waals surface area contributed by atoms with E-state index in [1.165, 1.54) is 6.07 Å². The van der Waals surface area contributed by atoms with Crippen LogP contribution in [0, 0.1) is 9.39 Å². The second-order valence-electron chi connectivity index (χ2n) is 4.23. The van der Waals surface area contributed by atoms with Crippen molar-refractivity contribution in [1.82, 2.24) is 5.43 Å². The molecule has 0 saturated carbocycles. The molecule has 0 aliphatic carbocycles. The van der Waals surface area contributed by atoms with Gasteiger partial charge in [-0.1, -0.05) is 29.8 Å². The molecule has 3 N–H and O–H groups in total. The quantitative estimate of drug-likeness (QED) is 0.473. The Morgan fingerprint density at radius 1 is 1.26 bits per heavy atom. The summed E-state index contributed by atoms with van der Waals surface area (Å²) in [5.41, 5.74) is 4.82. The molecule has 1 atom stereocenters. The van der Waals surface area contributed by atoms with Gasteiger partial charge in [-0.2, -0.15) is 0 Å². The number of halogens is 3. The van der Waals surface area contributed by atoms with Crippen LogP contribution in [0.3, 0.4) is 0 Å². The summed E-state index contributed by atoms with van der Waals surface area (Å²) < 4.78 is 14.3. The van der Waals surface area contributed by atoms with Gasteiger partial charge in [-0.05, 0) is 64.4 Å². The highest BCUT2D eigenvalue weighted by molar-refractivity contribution is 14.1. The van der Waals surface area contributed by atoms with Gasteiger partial charge in [0.25, 0.3) is 0 Å². The molecule has 1 unspecified atom stereocenters. The fraction of sp³-hybridized carbons (Fsp3) is 0.143. The van der Waals surface area contributed by atoms with Gasteiger partial charge in [-0.25, -0.2) is 4.39 Å². The third kappa shape index (κ3) is 3.89. The summed E-state index contributed by atoms with van der Waals surface area (Å²) in [4.78, 5) is 0. The number of nitrogens with one attached hydrogen (secondary N) is 1. The van der Waals surface area contributed by atoms with E-state index in [2.05, 4.69) is 34.1 Å². The van der Waals surface area contributed by atoms with Gasteiger partial charge in [0.05, 0.1) is 11.1 Å². The van der Waals surface area contributed by atoms with Crippen LogP contribution in [0.4, 0.5) is 4.39 Å². The van der Waals surface area contributed by atoms with Crippen LogP contribution in [-0.2, 0) is 6.42 Å². The van der Waals surface area contributed by atoms with Crippen LogP contribution in [0.5, 0.6) is 0 Å². The summed E-state index contributed by atoms with van der Waals surface area (Å²) in [6.45, 7) is 0. The number of nitrogens with two attached hydrogens (primary N) is 1. The largest absolute Gasteiger partial charge is 0.271 e. The molecule has 0 aliphatic heterocycles. The first-order valence-electron chi connectivity index (χ1n) is 5.75. The van der Waals surface area contributed by atoms with Gasteiger partial charge in [0.1, 0.15) is 5.82 Å². The Labute approximate surface area is 130 Å². The fourth-order valence-corrected chi connectivity index (χ4v) is 2.67. The molecule has 2 aromatic rings. The molecule has 0 spiro atoms. The highest BCUT2D eigenvalue weighted by atomic mass is 127. The van der Waals surface area contributed by atoms with Crippen molar-refractivity contribution in [3.05, 3.63) is 68.0 Å². The SMILES string of the molecule is NNC(Cc1ccc(F)c(Cl)c1)c1cccc(I)c1. The zero-order valence-corrected chi connectivity index (χ0v) is 13.0.